The third-order valence-electron chi connectivity index (χ3n) is 2.48. The Hall–Kier alpha value is -2.40. The largest absolute Gasteiger partial charge is 0.269 e. The molecule has 4 nitrogen and oxygen atoms in total. The summed E-state index contributed by atoms with van der Waals surface area (Å²) in [5.74, 6) is -1.48. The maximum atomic E-state index is 12.7. The lowest BCUT2D eigenvalue weighted by atomic mass is 10.2. The average Bonchev–Trinajstić information content (AvgIpc) is 2.45. The summed E-state index contributed by atoms with van der Waals surface area (Å²) >= 11 is 5.76. The van der Waals surface area contributed by atoms with Crippen molar-refractivity contribution in [3.63, 3.8) is 0 Å². The molecule has 0 spiro atoms. The Morgan fingerprint density at radius 1 is 0.900 bits per heavy atom. The zero-order chi connectivity index (χ0) is 14.5. The lowest BCUT2D eigenvalue weighted by Crippen LogP contribution is -2.41. The van der Waals surface area contributed by atoms with Gasteiger partial charge in [0.2, 0.25) is 0 Å². The Balaban J connectivity index is 1.96. The van der Waals surface area contributed by atoms with Crippen molar-refractivity contribution in [1.82, 2.24) is 10.9 Å². The number of benzene rings is 2. The van der Waals surface area contributed by atoms with Crippen LogP contribution in [0.4, 0.5) is 4.39 Å². The minimum Gasteiger partial charge on any atom is -0.267 e. The van der Waals surface area contributed by atoms with Crippen molar-refractivity contribution in [2.45, 2.75) is 0 Å². The van der Waals surface area contributed by atoms with Gasteiger partial charge in [-0.2, -0.15) is 0 Å². The molecule has 0 unspecified atom stereocenters. The number of hydrogen-bond donors (Lipinski definition) is 2. The maximum absolute atomic E-state index is 12.7. The average molecular weight is 293 g/mol. The summed E-state index contributed by atoms with van der Waals surface area (Å²) in [4.78, 5) is 23.4. The normalized spacial score (nSPS) is 9.90. The molecular formula is C14H10ClFN2O2. The van der Waals surface area contributed by atoms with E-state index in [1.54, 1.807) is 18.2 Å². The predicted octanol–water partition coefficient (Wildman–Crippen LogP) is 2.55. The van der Waals surface area contributed by atoms with Gasteiger partial charge in [0, 0.05) is 16.1 Å². The number of hydrogen-bond acceptors (Lipinski definition) is 2. The van der Waals surface area contributed by atoms with Crippen molar-refractivity contribution in [3.05, 3.63) is 70.5 Å². The molecule has 0 aliphatic carbocycles. The van der Waals surface area contributed by atoms with Gasteiger partial charge in [-0.05, 0) is 42.5 Å². The molecule has 0 aliphatic heterocycles. The van der Waals surface area contributed by atoms with Crippen LogP contribution in [0.1, 0.15) is 20.7 Å². The molecule has 0 aromatic heterocycles. The highest BCUT2D eigenvalue weighted by Gasteiger charge is 2.09. The zero-order valence-corrected chi connectivity index (χ0v) is 10.9. The summed E-state index contributed by atoms with van der Waals surface area (Å²) < 4.78 is 12.7. The highest BCUT2D eigenvalue weighted by atomic mass is 35.5. The van der Waals surface area contributed by atoms with Gasteiger partial charge in [0.25, 0.3) is 11.8 Å². The van der Waals surface area contributed by atoms with E-state index in [1.165, 1.54) is 18.2 Å². The van der Waals surface area contributed by atoms with E-state index in [1.807, 2.05) is 0 Å². The summed E-state index contributed by atoms with van der Waals surface area (Å²) in [7, 11) is 0. The Morgan fingerprint density at radius 3 is 2.10 bits per heavy atom. The monoisotopic (exact) mass is 292 g/mol. The van der Waals surface area contributed by atoms with Crippen LogP contribution in [0.2, 0.25) is 5.02 Å². The minimum absolute atomic E-state index is 0.234. The first kappa shape index (κ1) is 14.0. The van der Waals surface area contributed by atoms with Crippen LogP contribution < -0.4 is 10.9 Å². The van der Waals surface area contributed by atoms with Gasteiger partial charge in [-0.25, -0.2) is 4.39 Å². The van der Waals surface area contributed by atoms with Crippen LogP contribution in [-0.4, -0.2) is 11.8 Å². The van der Waals surface area contributed by atoms with Crippen molar-refractivity contribution in [3.8, 4) is 0 Å². The summed E-state index contributed by atoms with van der Waals surface area (Å²) in [5, 5.41) is 0.419. The Labute approximate surface area is 119 Å². The fraction of sp³-hybridized carbons (Fsp3) is 0. The van der Waals surface area contributed by atoms with Crippen LogP contribution in [0, 0.1) is 5.82 Å². The van der Waals surface area contributed by atoms with E-state index in [0.717, 1.165) is 12.1 Å². The van der Waals surface area contributed by atoms with E-state index < -0.39 is 17.6 Å². The minimum atomic E-state index is -0.541. The van der Waals surface area contributed by atoms with Gasteiger partial charge < -0.3 is 0 Å². The van der Waals surface area contributed by atoms with E-state index in [2.05, 4.69) is 10.9 Å². The fourth-order valence-electron chi connectivity index (χ4n) is 1.49. The van der Waals surface area contributed by atoms with Gasteiger partial charge in [0.15, 0.2) is 0 Å². The van der Waals surface area contributed by atoms with Crippen LogP contribution in [0.25, 0.3) is 0 Å². The molecule has 0 saturated heterocycles. The lowest BCUT2D eigenvalue weighted by molar-refractivity contribution is 0.0846. The van der Waals surface area contributed by atoms with E-state index >= 15 is 0 Å². The molecule has 0 heterocycles. The van der Waals surface area contributed by atoms with Crippen molar-refractivity contribution < 1.29 is 14.0 Å². The van der Waals surface area contributed by atoms with Crippen molar-refractivity contribution in [2.75, 3.05) is 0 Å². The smallest absolute Gasteiger partial charge is 0.267 e. The molecule has 2 aromatic carbocycles. The Kier molecular flexibility index (Phi) is 4.32. The van der Waals surface area contributed by atoms with E-state index in [4.69, 9.17) is 11.6 Å². The molecule has 0 bridgehead atoms. The molecule has 2 rings (SSSR count). The fourth-order valence-corrected chi connectivity index (χ4v) is 1.68. The van der Waals surface area contributed by atoms with E-state index in [9.17, 15) is 14.0 Å². The first-order chi connectivity index (χ1) is 9.56. The SMILES string of the molecule is O=C(NNC(=O)c1cccc(Cl)c1)c1ccc(F)cc1. The standard InChI is InChI=1S/C14H10ClFN2O2/c15-11-3-1-2-10(8-11)14(20)18-17-13(19)9-4-6-12(16)7-5-9/h1-8H,(H,17,19)(H,18,20). The molecule has 0 atom stereocenters. The van der Waals surface area contributed by atoms with Gasteiger partial charge in [-0.15, -0.1) is 0 Å². The second-order valence-corrected chi connectivity index (χ2v) is 4.36. The molecule has 0 fully saturated rings. The van der Waals surface area contributed by atoms with Gasteiger partial charge >= 0.3 is 0 Å². The molecule has 20 heavy (non-hydrogen) atoms. The number of amides is 2. The van der Waals surface area contributed by atoms with Crippen molar-refractivity contribution in [1.29, 1.82) is 0 Å². The second kappa shape index (κ2) is 6.16. The number of carbonyl (C=O) groups is 2. The predicted molar refractivity (Wildman–Crippen MR) is 72.8 cm³/mol. The van der Waals surface area contributed by atoms with Crippen molar-refractivity contribution in [2.24, 2.45) is 0 Å². The highest BCUT2D eigenvalue weighted by Crippen LogP contribution is 2.10. The van der Waals surface area contributed by atoms with Gasteiger partial charge in [0.05, 0.1) is 0 Å². The molecular weight excluding hydrogens is 283 g/mol. The Morgan fingerprint density at radius 2 is 1.50 bits per heavy atom. The van der Waals surface area contributed by atoms with Crippen LogP contribution in [0.5, 0.6) is 0 Å². The van der Waals surface area contributed by atoms with E-state index in [0.29, 0.717) is 10.6 Å². The summed E-state index contributed by atoms with van der Waals surface area (Å²) in [5.41, 5.74) is 5.03. The van der Waals surface area contributed by atoms with Crippen LogP contribution in [-0.2, 0) is 0 Å². The van der Waals surface area contributed by atoms with Crippen LogP contribution in [0.15, 0.2) is 48.5 Å². The molecule has 0 aliphatic rings. The number of nitrogens with one attached hydrogen (secondary N) is 2. The lowest BCUT2D eigenvalue weighted by Gasteiger charge is -2.07. The molecule has 102 valence electrons. The van der Waals surface area contributed by atoms with Gasteiger partial charge in [0.1, 0.15) is 5.82 Å². The molecule has 0 saturated carbocycles. The first-order valence-corrected chi connectivity index (χ1v) is 6.06. The highest BCUT2D eigenvalue weighted by molar-refractivity contribution is 6.30. The third kappa shape index (κ3) is 3.55. The van der Waals surface area contributed by atoms with Crippen molar-refractivity contribution >= 4 is 23.4 Å². The quantitative estimate of drug-likeness (QED) is 0.836. The number of halogens is 2. The topological polar surface area (TPSA) is 58.2 Å². The number of carbonyl (C=O) groups excluding carboxylic acids is 2. The van der Waals surface area contributed by atoms with E-state index in [-0.39, 0.29) is 5.56 Å². The summed E-state index contributed by atoms with van der Waals surface area (Å²) in [6.45, 7) is 0. The second-order valence-electron chi connectivity index (χ2n) is 3.93. The number of hydrazine groups is 1. The van der Waals surface area contributed by atoms with Crippen LogP contribution in [0.3, 0.4) is 0 Å². The number of rotatable bonds is 2. The molecule has 2 amide bonds. The first-order valence-electron chi connectivity index (χ1n) is 5.68. The molecule has 0 radical (unpaired) electrons. The summed E-state index contributed by atoms with van der Waals surface area (Å²) in [6.07, 6.45) is 0. The Bertz CT molecular complexity index is 644. The summed E-state index contributed by atoms with van der Waals surface area (Å²) in [6, 6.07) is 11.2. The molecule has 2 N–H and O–H groups in total. The maximum Gasteiger partial charge on any atom is 0.269 e. The molecule has 6 heteroatoms. The third-order valence-corrected chi connectivity index (χ3v) is 2.72. The van der Waals surface area contributed by atoms with Gasteiger partial charge in [-0.3, -0.25) is 20.4 Å². The van der Waals surface area contributed by atoms with Crippen LogP contribution >= 0.6 is 11.6 Å². The zero-order valence-electron chi connectivity index (χ0n) is 10.2. The van der Waals surface area contributed by atoms with Gasteiger partial charge in [-0.1, -0.05) is 17.7 Å². The molecule has 2 aromatic rings.